The lowest BCUT2D eigenvalue weighted by Crippen LogP contribution is -2.60. The quantitative estimate of drug-likeness (QED) is 0.871. The zero-order valence-corrected chi connectivity index (χ0v) is 12.7. The molecule has 3 rings (SSSR count). The van der Waals surface area contributed by atoms with E-state index in [1.807, 2.05) is 26.0 Å². The van der Waals surface area contributed by atoms with Crippen LogP contribution in [0.5, 0.6) is 0 Å². The van der Waals surface area contributed by atoms with Crippen LogP contribution in [-0.2, 0) is 9.84 Å². The molecule has 0 bridgehead atoms. The normalized spacial score (nSPS) is 34.0. The van der Waals surface area contributed by atoms with E-state index in [4.69, 9.17) is 0 Å². The van der Waals surface area contributed by atoms with E-state index in [2.05, 4.69) is 5.32 Å². The third-order valence-electron chi connectivity index (χ3n) is 4.92. The van der Waals surface area contributed by atoms with Gasteiger partial charge in [0.15, 0.2) is 9.84 Å². The molecule has 110 valence electrons. The third kappa shape index (κ3) is 2.08. The molecule has 1 heterocycles. The summed E-state index contributed by atoms with van der Waals surface area (Å²) in [6, 6.07) is 7.54. The van der Waals surface area contributed by atoms with Gasteiger partial charge in [0, 0.05) is 17.5 Å². The summed E-state index contributed by atoms with van der Waals surface area (Å²) < 4.78 is 24.2. The van der Waals surface area contributed by atoms with Crippen molar-refractivity contribution < 1.29 is 13.5 Å². The van der Waals surface area contributed by atoms with Crippen molar-refractivity contribution in [3.8, 4) is 0 Å². The Bertz CT molecular complexity index is 624. The summed E-state index contributed by atoms with van der Waals surface area (Å²) in [5, 5.41) is 13.4. The molecule has 1 fully saturated rings. The molecule has 4 nitrogen and oxygen atoms in total. The first-order valence-electron chi connectivity index (χ1n) is 7.08. The Kier molecular flexibility index (Phi) is 3.19. The fourth-order valence-corrected chi connectivity index (χ4v) is 4.81. The molecule has 2 N–H and O–H groups in total. The number of nitrogens with one attached hydrogen (secondary N) is 1. The van der Waals surface area contributed by atoms with Gasteiger partial charge in [-0.05, 0) is 24.5 Å². The van der Waals surface area contributed by atoms with Gasteiger partial charge in [-0.15, -0.1) is 0 Å². The van der Waals surface area contributed by atoms with Crippen LogP contribution in [0, 0.1) is 5.41 Å². The molecule has 0 amide bonds. The smallest absolute Gasteiger partial charge is 0.178 e. The van der Waals surface area contributed by atoms with E-state index in [0.717, 1.165) is 12.0 Å². The number of fused-ring (bicyclic) bond motifs is 1. The van der Waals surface area contributed by atoms with Gasteiger partial charge in [0.05, 0.1) is 16.8 Å². The standard InChI is InChI=1S/C15H21NO3S/c1-15(2)13(9-14(15)17)16-11-7-8-20(18,19)12-6-4-3-5-10(11)12/h3-6,11,13-14,16-17H,7-9H2,1-2H3. The van der Waals surface area contributed by atoms with Crippen molar-refractivity contribution >= 4 is 9.84 Å². The van der Waals surface area contributed by atoms with Crippen LogP contribution in [0.2, 0.25) is 0 Å². The molecule has 1 aromatic carbocycles. The van der Waals surface area contributed by atoms with Gasteiger partial charge in [-0.1, -0.05) is 32.0 Å². The molecule has 5 heteroatoms. The van der Waals surface area contributed by atoms with Gasteiger partial charge in [0.2, 0.25) is 0 Å². The summed E-state index contributed by atoms with van der Waals surface area (Å²) in [4.78, 5) is 0.460. The lowest BCUT2D eigenvalue weighted by Gasteiger charge is -2.51. The Morgan fingerprint density at radius 1 is 1.30 bits per heavy atom. The monoisotopic (exact) mass is 295 g/mol. The Labute approximate surface area is 120 Å². The molecule has 20 heavy (non-hydrogen) atoms. The first-order valence-corrected chi connectivity index (χ1v) is 8.73. The second-order valence-corrected chi connectivity index (χ2v) is 8.57. The van der Waals surface area contributed by atoms with Gasteiger partial charge in [0.1, 0.15) is 0 Å². The molecule has 2 aliphatic rings. The van der Waals surface area contributed by atoms with Crippen LogP contribution in [0.3, 0.4) is 0 Å². The zero-order chi connectivity index (χ0) is 14.5. The second kappa shape index (κ2) is 4.55. The molecule has 1 aromatic rings. The number of sulfone groups is 1. The van der Waals surface area contributed by atoms with Crippen molar-refractivity contribution in [2.75, 3.05) is 5.75 Å². The zero-order valence-electron chi connectivity index (χ0n) is 11.8. The highest BCUT2D eigenvalue weighted by Gasteiger charge is 2.48. The van der Waals surface area contributed by atoms with Crippen LogP contribution < -0.4 is 5.32 Å². The summed E-state index contributed by atoms with van der Waals surface area (Å²) in [5.41, 5.74) is 0.724. The topological polar surface area (TPSA) is 66.4 Å². The molecular formula is C15H21NO3S. The molecule has 3 atom stereocenters. The lowest BCUT2D eigenvalue weighted by molar-refractivity contribution is -0.0763. The van der Waals surface area contributed by atoms with Gasteiger partial charge < -0.3 is 10.4 Å². The molecule has 0 spiro atoms. The lowest BCUT2D eigenvalue weighted by atomic mass is 9.64. The first-order chi connectivity index (χ1) is 9.32. The average molecular weight is 295 g/mol. The Hall–Kier alpha value is -0.910. The van der Waals surface area contributed by atoms with Crippen LogP contribution in [0.1, 0.15) is 38.3 Å². The van der Waals surface area contributed by atoms with Gasteiger partial charge in [0.25, 0.3) is 0 Å². The highest BCUT2D eigenvalue weighted by molar-refractivity contribution is 7.91. The summed E-state index contributed by atoms with van der Waals surface area (Å²) in [7, 11) is -3.13. The van der Waals surface area contributed by atoms with E-state index in [1.165, 1.54) is 0 Å². The first kappa shape index (κ1) is 14.0. The van der Waals surface area contributed by atoms with Crippen LogP contribution in [0.15, 0.2) is 29.2 Å². The minimum atomic E-state index is -3.13. The minimum absolute atomic E-state index is 0.0616. The summed E-state index contributed by atoms with van der Waals surface area (Å²) in [5.74, 6) is 0.192. The molecule has 1 saturated carbocycles. The number of aliphatic hydroxyl groups excluding tert-OH is 1. The van der Waals surface area contributed by atoms with E-state index in [0.29, 0.717) is 11.3 Å². The summed E-state index contributed by atoms with van der Waals surface area (Å²) in [6.45, 7) is 4.09. The second-order valence-electron chi connectivity index (χ2n) is 6.49. The van der Waals surface area contributed by atoms with E-state index in [1.54, 1.807) is 12.1 Å². The average Bonchev–Trinajstić information content (AvgIpc) is 2.41. The van der Waals surface area contributed by atoms with Crippen LogP contribution in [0.4, 0.5) is 0 Å². The molecule has 0 saturated heterocycles. The van der Waals surface area contributed by atoms with E-state index >= 15 is 0 Å². The maximum Gasteiger partial charge on any atom is 0.178 e. The predicted octanol–water partition coefficient (Wildman–Crippen LogP) is 1.65. The molecule has 1 aliphatic heterocycles. The summed E-state index contributed by atoms with van der Waals surface area (Å²) >= 11 is 0. The van der Waals surface area contributed by atoms with Crippen molar-refractivity contribution in [1.82, 2.24) is 5.32 Å². The number of benzene rings is 1. The maximum absolute atomic E-state index is 12.1. The number of aliphatic hydroxyl groups is 1. The summed E-state index contributed by atoms with van der Waals surface area (Å²) in [6.07, 6.45) is 1.06. The molecule has 0 radical (unpaired) electrons. The number of hydrogen-bond acceptors (Lipinski definition) is 4. The predicted molar refractivity (Wildman–Crippen MR) is 77.2 cm³/mol. The Morgan fingerprint density at radius 3 is 2.65 bits per heavy atom. The van der Waals surface area contributed by atoms with Crippen LogP contribution >= 0.6 is 0 Å². The molecular weight excluding hydrogens is 274 g/mol. The van der Waals surface area contributed by atoms with Crippen molar-refractivity contribution in [2.45, 2.75) is 49.8 Å². The highest BCUT2D eigenvalue weighted by atomic mass is 32.2. The van der Waals surface area contributed by atoms with Crippen molar-refractivity contribution in [3.05, 3.63) is 29.8 Å². The number of rotatable bonds is 2. The SMILES string of the molecule is CC1(C)C(O)CC1NC1CCS(=O)(=O)c2ccccc21. The van der Waals surface area contributed by atoms with Gasteiger partial charge >= 0.3 is 0 Å². The maximum atomic E-state index is 12.1. The number of hydrogen-bond donors (Lipinski definition) is 2. The fourth-order valence-electron chi connectivity index (χ4n) is 3.19. The van der Waals surface area contributed by atoms with Gasteiger partial charge in [-0.3, -0.25) is 0 Å². The largest absolute Gasteiger partial charge is 0.392 e. The Balaban J connectivity index is 1.87. The molecule has 1 aliphatic carbocycles. The highest BCUT2D eigenvalue weighted by Crippen LogP contribution is 2.43. The van der Waals surface area contributed by atoms with E-state index < -0.39 is 9.84 Å². The van der Waals surface area contributed by atoms with Crippen molar-refractivity contribution in [1.29, 1.82) is 0 Å². The van der Waals surface area contributed by atoms with Gasteiger partial charge in [-0.2, -0.15) is 0 Å². The van der Waals surface area contributed by atoms with Gasteiger partial charge in [-0.25, -0.2) is 8.42 Å². The van der Waals surface area contributed by atoms with Crippen molar-refractivity contribution in [3.63, 3.8) is 0 Å². The van der Waals surface area contributed by atoms with Crippen LogP contribution in [-0.4, -0.2) is 31.4 Å². The fraction of sp³-hybridized carbons (Fsp3) is 0.600. The Morgan fingerprint density at radius 2 is 2.00 bits per heavy atom. The third-order valence-corrected chi connectivity index (χ3v) is 6.74. The van der Waals surface area contributed by atoms with Crippen molar-refractivity contribution in [2.24, 2.45) is 5.41 Å². The minimum Gasteiger partial charge on any atom is -0.392 e. The van der Waals surface area contributed by atoms with E-state index in [9.17, 15) is 13.5 Å². The molecule has 3 unspecified atom stereocenters. The molecule has 0 aromatic heterocycles. The van der Waals surface area contributed by atoms with E-state index in [-0.39, 0.29) is 29.4 Å². The van der Waals surface area contributed by atoms with Crippen LogP contribution in [0.25, 0.3) is 0 Å².